The summed E-state index contributed by atoms with van der Waals surface area (Å²) in [5, 5.41) is 1.22. The molecule has 0 bridgehead atoms. The molecule has 7 heteroatoms. The van der Waals surface area contributed by atoms with E-state index >= 15 is 0 Å². The number of likely N-dealkylation sites (tertiary alicyclic amines) is 1. The summed E-state index contributed by atoms with van der Waals surface area (Å²) < 4.78 is 31.4. The van der Waals surface area contributed by atoms with Gasteiger partial charge >= 0.3 is 0 Å². The minimum Gasteiger partial charge on any atom is -0.489 e. The molecule has 0 aromatic heterocycles. The molecule has 0 spiro atoms. The van der Waals surface area contributed by atoms with Crippen molar-refractivity contribution in [3.8, 4) is 5.75 Å². The van der Waals surface area contributed by atoms with Crippen LogP contribution in [0.5, 0.6) is 5.75 Å². The molecule has 1 aliphatic carbocycles. The van der Waals surface area contributed by atoms with Gasteiger partial charge in [0.1, 0.15) is 18.5 Å². The van der Waals surface area contributed by atoms with Crippen molar-refractivity contribution in [1.82, 2.24) is 4.90 Å². The molecule has 1 aliphatic heterocycles. The van der Waals surface area contributed by atoms with E-state index in [4.69, 9.17) is 27.9 Å². The number of fused-ring (bicyclic) bond motifs is 1. The van der Waals surface area contributed by atoms with Crippen LogP contribution in [-0.2, 0) is 18.0 Å². The molecule has 0 amide bonds. The molecule has 1 fully saturated rings. The molecule has 200 valence electrons. The second-order valence-corrected chi connectivity index (χ2v) is 10.8. The normalized spacial score (nSPS) is 17.9. The highest BCUT2D eigenvalue weighted by Gasteiger charge is 2.25. The summed E-state index contributed by atoms with van der Waals surface area (Å²) in [5.41, 5.74) is 7.38. The minimum absolute atomic E-state index is 0.0688. The van der Waals surface area contributed by atoms with Crippen LogP contribution < -0.4 is 4.74 Å². The summed E-state index contributed by atoms with van der Waals surface area (Å²) in [6.07, 6.45) is 4.27. The second kappa shape index (κ2) is 12.6. The van der Waals surface area contributed by atoms with Gasteiger partial charge in [0.2, 0.25) is 0 Å². The maximum absolute atomic E-state index is 12.6. The summed E-state index contributed by atoms with van der Waals surface area (Å²) in [7, 11) is 0. The SMILES string of the molecule is FCCCN1CCC(Oc2ccc(C3=C(c4ccc(Cl)cc4Cl)CCCc4cc(COF)ccc43)cc2)C1. The van der Waals surface area contributed by atoms with Crippen molar-refractivity contribution >= 4 is 34.3 Å². The van der Waals surface area contributed by atoms with E-state index in [-0.39, 0.29) is 19.4 Å². The van der Waals surface area contributed by atoms with E-state index < -0.39 is 0 Å². The average Bonchev–Trinajstić information content (AvgIpc) is 3.27. The van der Waals surface area contributed by atoms with Crippen LogP contribution in [0, 0.1) is 0 Å². The zero-order chi connectivity index (χ0) is 26.5. The lowest BCUT2D eigenvalue weighted by atomic mass is 9.87. The lowest BCUT2D eigenvalue weighted by molar-refractivity contribution is -0.144. The highest BCUT2D eigenvalue weighted by atomic mass is 35.5. The van der Waals surface area contributed by atoms with E-state index in [9.17, 15) is 8.92 Å². The van der Waals surface area contributed by atoms with Crippen molar-refractivity contribution < 1.29 is 18.6 Å². The van der Waals surface area contributed by atoms with Crippen LogP contribution in [0.3, 0.4) is 0 Å². The zero-order valence-corrected chi connectivity index (χ0v) is 22.7. The summed E-state index contributed by atoms with van der Waals surface area (Å²) in [6, 6.07) is 19.9. The predicted molar refractivity (Wildman–Crippen MR) is 150 cm³/mol. The van der Waals surface area contributed by atoms with Gasteiger partial charge in [-0.15, -0.1) is 0 Å². The van der Waals surface area contributed by atoms with Crippen LogP contribution in [-0.4, -0.2) is 37.3 Å². The van der Waals surface area contributed by atoms with Crippen molar-refractivity contribution in [1.29, 1.82) is 0 Å². The zero-order valence-electron chi connectivity index (χ0n) is 21.2. The molecule has 0 saturated carbocycles. The number of ether oxygens (including phenoxy) is 1. The number of benzene rings is 3. The summed E-state index contributed by atoms with van der Waals surface area (Å²) in [5.74, 6) is 0.821. The number of allylic oxidation sites excluding steroid dienone is 1. The van der Waals surface area contributed by atoms with Crippen LogP contribution in [0.15, 0.2) is 60.7 Å². The standard InChI is InChI=1S/C31H31Cl2F2NO2/c32-24-8-12-28(30(33)18-24)29-4-1-3-23-17-21(20-37-35)5-11-27(23)31(29)22-6-9-25(10-7-22)38-26-13-16-36(19-26)15-2-14-34/h5-12,17-18,26H,1-4,13-16,19-20H2. The fourth-order valence-corrected chi connectivity index (χ4v) is 6.12. The third kappa shape index (κ3) is 6.23. The van der Waals surface area contributed by atoms with Crippen molar-refractivity contribution in [2.24, 2.45) is 0 Å². The predicted octanol–water partition coefficient (Wildman–Crippen LogP) is 8.50. The highest BCUT2D eigenvalue weighted by Crippen LogP contribution is 2.42. The maximum Gasteiger partial charge on any atom is 0.119 e. The van der Waals surface area contributed by atoms with Crippen LogP contribution >= 0.6 is 23.2 Å². The molecule has 0 radical (unpaired) electrons. The van der Waals surface area contributed by atoms with Gasteiger partial charge in [-0.25, -0.2) is 0 Å². The Labute approximate surface area is 232 Å². The molecule has 38 heavy (non-hydrogen) atoms. The number of alkyl halides is 1. The quantitative estimate of drug-likeness (QED) is 0.263. The lowest BCUT2D eigenvalue weighted by Crippen LogP contribution is -2.26. The first-order chi connectivity index (χ1) is 18.6. The van der Waals surface area contributed by atoms with Crippen molar-refractivity contribution in [2.75, 3.05) is 26.3 Å². The monoisotopic (exact) mass is 557 g/mol. The molecule has 0 N–H and O–H groups in total. The first-order valence-corrected chi connectivity index (χ1v) is 13.9. The Hall–Kier alpha value is -2.44. The van der Waals surface area contributed by atoms with E-state index in [0.29, 0.717) is 16.5 Å². The average molecular weight is 558 g/mol. The molecule has 3 aromatic carbocycles. The first kappa shape index (κ1) is 27.1. The first-order valence-electron chi connectivity index (χ1n) is 13.2. The van der Waals surface area contributed by atoms with Crippen LogP contribution in [0.1, 0.15) is 53.5 Å². The largest absolute Gasteiger partial charge is 0.489 e. The maximum atomic E-state index is 12.6. The van der Waals surface area contributed by atoms with E-state index in [1.54, 1.807) is 6.07 Å². The van der Waals surface area contributed by atoms with Crippen LogP contribution in [0.4, 0.5) is 8.92 Å². The molecule has 3 aromatic rings. The Bertz CT molecular complexity index is 1300. The molecule has 5 rings (SSSR count). The third-order valence-corrected chi connectivity index (χ3v) is 7.92. The van der Waals surface area contributed by atoms with E-state index in [0.717, 1.165) is 90.0 Å². The summed E-state index contributed by atoms with van der Waals surface area (Å²) in [6.45, 7) is 2.19. The summed E-state index contributed by atoms with van der Waals surface area (Å²) >= 11 is 12.9. The number of nitrogens with zero attached hydrogens (tertiary/aromatic N) is 1. The van der Waals surface area contributed by atoms with Gasteiger partial charge in [-0.05, 0) is 99.9 Å². The van der Waals surface area contributed by atoms with Gasteiger partial charge in [0.15, 0.2) is 0 Å². The lowest BCUT2D eigenvalue weighted by Gasteiger charge is -2.19. The Morgan fingerprint density at radius 2 is 1.76 bits per heavy atom. The fraction of sp³-hybridized carbons (Fsp3) is 0.355. The molecule has 1 atom stereocenters. The minimum atomic E-state index is -0.281. The Kier molecular flexibility index (Phi) is 9.01. The van der Waals surface area contributed by atoms with Gasteiger partial charge < -0.3 is 4.74 Å². The van der Waals surface area contributed by atoms with Crippen LogP contribution in [0.2, 0.25) is 10.0 Å². The van der Waals surface area contributed by atoms with Crippen molar-refractivity contribution in [2.45, 2.75) is 44.8 Å². The van der Waals surface area contributed by atoms with Gasteiger partial charge in [0.25, 0.3) is 0 Å². The Morgan fingerprint density at radius 3 is 2.53 bits per heavy atom. The van der Waals surface area contributed by atoms with E-state index in [1.807, 2.05) is 36.4 Å². The van der Waals surface area contributed by atoms with Crippen molar-refractivity contribution in [3.63, 3.8) is 0 Å². The number of aryl methyl sites for hydroxylation is 1. The topological polar surface area (TPSA) is 21.7 Å². The second-order valence-electron chi connectivity index (χ2n) is 9.97. The number of hydrogen-bond donors (Lipinski definition) is 0. The smallest absolute Gasteiger partial charge is 0.119 e. The van der Waals surface area contributed by atoms with Gasteiger partial charge in [-0.2, -0.15) is 4.94 Å². The molecule has 1 heterocycles. The van der Waals surface area contributed by atoms with E-state index in [2.05, 4.69) is 28.0 Å². The molecule has 1 saturated heterocycles. The molecule has 2 aliphatic rings. The van der Waals surface area contributed by atoms with Gasteiger partial charge in [0.05, 0.1) is 6.67 Å². The molecular weight excluding hydrogens is 527 g/mol. The Balaban J connectivity index is 1.49. The fourth-order valence-electron chi connectivity index (χ4n) is 5.60. The number of hydrogen-bond acceptors (Lipinski definition) is 3. The van der Waals surface area contributed by atoms with Gasteiger partial charge in [-0.3, -0.25) is 9.29 Å². The van der Waals surface area contributed by atoms with Crippen LogP contribution in [0.25, 0.3) is 11.1 Å². The highest BCUT2D eigenvalue weighted by molar-refractivity contribution is 6.36. The van der Waals surface area contributed by atoms with Gasteiger partial charge in [-0.1, -0.05) is 59.6 Å². The molecule has 1 unspecified atom stereocenters. The number of rotatable bonds is 9. The van der Waals surface area contributed by atoms with Crippen molar-refractivity contribution in [3.05, 3.63) is 98.5 Å². The van der Waals surface area contributed by atoms with Gasteiger partial charge in [0, 0.05) is 29.7 Å². The number of halogens is 4. The summed E-state index contributed by atoms with van der Waals surface area (Å²) in [4.78, 5) is 6.16. The Morgan fingerprint density at radius 1 is 0.947 bits per heavy atom. The molecule has 3 nitrogen and oxygen atoms in total. The third-order valence-electron chi connectivity index (χ3n) is 7.37. The van der Waals surface area contributed by atoms with E-state index in [1.165, 1.54) is 0 Å². The molecular formula is C31H31Cl2F2NO2.